The second-order valence-corrected chi connectivity index (χ2v) is 6.80. The maximum Gasteiger partial charge on any atom is 0.255 e. The third-order valence-electron chi connectivity index (χ3n) is 3.96. The molecule has 0 unspecified atom stereocenters. The fraction of sp³-hybridized carbons (Fsp3) is 0.533. The number of halogens is 2. The van der Waals surface area contributed by atoms with Crippen LogP contribution >= 0.6 is 15.9 Å². The Morgan fingerprint density at radius 3 is 2.30 bits per heavy atom. The molecule has 2 N–H and O–H groups in total. The molecule has 3 rings (SSSR count). The van der Waals surface area contributed by atoms with Crippen LogP contribution in [-0.4, -0.2) is 23.9 Å². The van der Waals surface area contributed by atoms with E-state index < -0.39 is 5.82 Å². The van der Waals surface area contributed by atoms with Gasteiger partial charge in [0.25, 0.3) is 5.91 Å². The lowest BCUT2D eigenvalue weighted by atomic mass is 10.1. The molecule has 1 aromatic carbocycles. The molecule has 0 atom stereocenters. The van der Waals surface area contributed by atoms with Gasteiger partial charge in [0.15, 0.2) is 0 Å². The van der Waals surface area contributed by atoms with Gasteiger partial charge in [-0.1, -0.05) is 0 Å². The van der Waals surface area contributed by atoms with Crippen molar-refractivity contribution in [2.24, 2.45) is 11.8 Å². The zero-order valence-electron chi connectivity index (χ0n) is 11.2. The summed E-state index contributed by atoms with van der Waals surface area (Å²) in [5.41, 5.74) is 6.07. The minimum absolute atomic E-state index is 0.0225. The minimum Gasteiger partial charge on any atom is -0.396 e. The van der Waals surface area contributed by atoms with E-state index in [-0.39, 0.29) is 11.6 Å². The monoisotopic (exact) mass is 340 g/mol. The number of nitrogens with two attached hydrogens (primary N) is 1. The second-order valence-electron chi connectivity index (χ2n) is 5.95. The van der Waals surface area contributed by atoms with E-state index in [2.05, 4.69) is 15.9 Å². The second kappa shape index (κ2) is 5.35. The maximum atomic E-state index is 13.4. The highest BCUT2D eigenvalue weighted by atomic mass is 79.9. The summed E-state index contributed by atoms with van der Waals surface area (Å²) in [6.45, 7) is 1.64. The Hall–Kier alpha value is -1.10. The third kappa shape index (κ3) is 3.14. The maximum absolute atomic E-state index is 13.4. The predicted molar refractivity (Wildman–Crippen MR) is 79.9 cm³/mol. The standard InChI is InChI=1S/C15H18BrFN2O/c16-12-6-13(17)14(18)5-11(12)15(20)19(7-9-1-2-9)8-10-3-4-10/h5-6,9-10H,1-4,7-8,18H2. The van der Waals surface area contributed by atoms with E-state index in [0.29, 0.717) is 21.9 Å². The van der Waals surface area contributed by atoms with Crippen molar-refractivity contribution in [3.63, 3.8) is 0 Å². The van der Waals surface area contributed by atoms with Crippen LogP contribution in [0, 0.1) is 17.7 Å². The first kappa shape index (κ1) is 13.9. The van der Waals surface area contributed by atoms with Crippen LogP contribution in [0.3, 0.4) is 0 Å². The average molecular weight is 341 g/mol. The summed E-state index contributed by atoms with van der Waals surface area (Å²) in [6, 6.07) is 2.71. The Morgan fingerprint density at radius 1 is 1.25 bits per heavy atom. The molecule has 3 nitrogen and oxygen atoms in total. The molecule has 0 radical (unpaired) electrons. The lowest BCUT2D eigenvalue weighted by Crippen LogP contribution is -2.35. The quantitative estimate of drug-likeness (QED) is 0.834. The van der Waals surface area contributed by atoms with Gasteiger partial charge in [-0.3, -0.25) is 4.79 Å². The van der Waals surface area contributed by atoms with Crippen molar-refractivity contribution < 1.29 is 9.18 Å². The van der Waals surface area contributed by atoms with Gasteiger partial charge in [-0.15, -0.1) is 0 Å². The summed E-state index contributed by atoms with van der Waals surface area (Å²) in [6.07, 6.45) is 4.84. The minimum atomic E-state index is -0.496. The highest BCUT2D eigenvalue weighted by Crippen LogP contribution is 2.35. The molecular formula is C15H18BrFN2O. The number of carbonyl (C=O) groups is 1. The molecule has 0 bridgehead atoms. The molecule has 1 aromatic rings. The molecule has 0 saturated heterocycles. The number of hydrogen-bond donors (Lipinski definition) is 1. The van der Waals surface area contributed by atoms with E-state index in [1.54, 1.807) is 0 Å². The molecule has 2 fully saturated rings. The molecule has 0 aliphatic heterocycles. The van der Waals surface area contributed by atoms with Crippen molar-refractivity contribution in [1.29, 1.82) is 0 Å². The molecule has 2 saturated carbocycles. The Labute approximate surface area is 126 Å². The SMILES string of the molecule is Nc1cc(C(=O)N(CC2CC2)CC2CC2)c(Br)cc1F. The number of nitrogen functional groups attached to an aromatic ring is 1. The highest BCUT2D eigenvalue weighted by molar-refractivity contribution is 9.10. The van der Waals surface area contributed by atoms with Crippen molar-refractivity contribution in [2.45, 2.75) is 25.7 Å². The van der Waals surface area contributed by atoms with Gasteiger partial charge in [-0.2, -0.15) is 0 Å². The number of amides is 1. The summed E-state index contributed by atoms with van der Waals surface area (Å²) in [4.78, 5) is 14.6. The highest BCUT2D eigenvalue weighted by Gasteiger charge is 2.32. The van der Waals surface area contributed by atoms with Crippen LogP contribution in [0.5, 0.6) is 0 Å². The van der Waals surface area contributed by atoms with Crippen molar-refractivity contribution >= 4 is 27.5 Å². The summed E-state index contributed by atoms with van der Waals surface area (Å²) >= 11 is 3.27. The van der Waals surface area contributed by atoms with Gasteiger partial charge in [0, 0.05) is 17.6 Å². The molecule has 2 aliphatic rings. The number of anilines is 1. The molecule has 0 spiro atoms. The summed E-state index contributed by atoms with van der Waals surface area (Å²) in [7, 11) is 0. The molecule has 108 valence electrons. The lowest BCUT2D eigenvalue weighted by Gasteiger charge is -2.23. The van der Waals surface area contributed by atoms with Gasteiger partial charge in [0.1, 0.15) is 5.82 Å². The number of benzene rings is 1. The molecule has 0 aromatic heterocycles. The van der Waals surface area contributed by atoms with E-state index in [1.807, 2.05) is 4.90 Å². The van der Waals surface area contributed by atoms with Crippen LogP contribution in [0.15, 0.2) is 16.6 Å². The molecule has 1 amide bonds. The van der Waals surface area contributed by atoms with Crippen LogP contribution in [0.4, 0.5) is 10.1 Å². The Morgan fingerprint density at radius 2 is 1.80 bits per heavy atom. The summed E-state index contributed by atoms with van der Waals surface area (Å²) in [5, 5.41) is 0. The molecular weight excluding hydrogens is 323 g/mol. The first-order chi connectivity index (χ1) is 9.54. The zero-order chi connectivity index (χ0) is 14.3. The number of rotatable bonds is 5. The topological polar surface area (TPSA) is 46.3 Å². The number of nitrogens with zero attached hydrogens (tertiary/aromatic N) is 1. The zero-order valence-corrected chi connectivity index (χ0v) is 12.8. The first-order valence-electron chi connectivity index (χ1n) is 7.08. The Kier molecular flexibility index (Phi) is 3.71. The predicted octanol–water partition coefficient (Wildman–Crippen LogP) is 3.43. The molecule has 20 heavy (non-hydrogen) atoms. The Bertz CT molecular complexity index is 527. The van der Waals surface area contributed by atoms with Crippen LogP contribution in [0.1, 0.15) is 36.0 Å². The van der Waals surface area contributed by atoms with Crippen molar-refractivity contribution in [1.82, 2.24) is 4.90 Å². The molecule has 5 heteroatoms. The molecule has 0 heterocycles. The van der Waals surface area contributed by atoms with Crippen LogP contribution in [0.25, 0.3) is 0 Å². The van der Waals surface area contributed by atoms with E-state index >= 15 is 0 Å². The smallest absolute Gasteiger partial charge is 0.255 e. The average Bonchev–Trinajstić information content (AvgIpc) is 3.27. The van der Waals surface area contributed by atoms with Gasteiger partial charge in [-0.05, 0) is 65.6 Å². The van der Waals surface area contributed by atoms with Crippen molar-refractivity contribution in [2.75, 3.05) is 18.8 Å². The van der Waals surface area contributed by atoms with Crippen LogP contribution in [0.2, 0.25) is 0 Å². The van der Waals surface area contributed by atoms with E-state index in [0.717, 1.165) is 13.1 Å². The summed E-state index contributed by atoms with van der Waals surface area (Å²) in [5.74, 6) is 0.760. The van der Waals surface area contributed by atoms with Gasteiger partial charge in [0.2, 0.25) is 0 Å². The van der Waals surface area contributed by atoms with Gasteiger partial charge < -0.3 is 10.6 Å². The van der Waals surface area contributed by atoms with Gasteiger partial charge >= 0.3 is 0 Å². The van der Waals surface area contributed by atoms with Gasteiger partial charge in [-0.25, -0.2) is 4.39 Å². The van der Waals surface area contributed by atoms with Crippen molar-refractivity contribution in [3.8, 4) is 0 Å². The van der Waals surface area contributed by atoms with E-state index in [1.165, 1.54) is 37.8 Å². The third-order valence-corrected chi connectivity index (χ3v) is 4.61. The fourth-order valence-corrected chi connectivity index (χ4v) is 2.85. The number of hydrogen-bond acceptors (Lipinski definition) is 2. The van der Waals surface area contributed by atoms with E-state index in [9.17, 15) is 9.18 Å². The van der Waals surface area contributed by atoms with Gasteiger partial charge in [0.05, 0.1) is 11.3 Å². The normalized spacial score (nSPS) is 18.1. The first-order valence-corrected chi connectivity index (χ1v) is 7.87. The van der Waals surface area contributed by atoms with Crippen LogP contribution < -0.4 is 5.73 Å². The largest absolute Gasteiger partial charge is 0.396 e. The fourth-order valence-electron chi connectivity index (χ4n) is 2.36. The van der Waals surface area contributed by atoms with Crippen molar-refractivity contribution in [3.05, 3.63) is 28.0 Å². The molecule has 2 aliphatic carbocycles. The lowest BCUT2D eigenvalue weighted by molar-refractivity contribution is 0.0738. The van der Waals surface area contributed by atoms with Crippen LogP contribution in [-0.2, 0) is 0 Å². The Balaban J connectivity index is 1.81. The number of carbonyl (C=O) groups excluding carboxylic acids is 1. The van der Waals surface area contributed by atoms with E-state index in [4.69, 9.17) is 5.73 Å². The summed E-state index contributed by atoms with van der Waals surface area (Å²) < 4.78 is 13.9.